The molecule has 0 saturated heterocycles. The number of benzene rings is 1. The highest BCUT2D eigenvalue weighted by Gasteiger charge is 2.16. The molecule has 2 rings (SSSR count). The number of hydrogen-bond acceptors (Lipinski definition) is 5. The number of rotatable bonds is 6. The lowest BCUT2D eigenvalue weighted by molar-refractivity contribution is 0.0966. The second-order valence-electron chi connectivity index (χ2n) is 4.54. The maximum absolute atomic E-state index is 11.8. The lowest BCUT2D eigenvalue weighted by Crippen LogP contribution is -2.17. The van der Waals surface area contributed by atoms with Gasteiger partial charge in [-0.2, -0.15) is 0 Å². The number of nitrogens with zero attached hydrogens (tertiary/aromatic N) is 1. The van der Waals surface area contributed by atoms with Crippen molar-refractivity contribution in [1.82, 2.24) is 10.3 Å². The molecule has 0 aliphatic heterocycles. The maximum atomic E-state index is 11.8. The Labute approximate surface area is 134 Å². The highest BCUT2D eigenvalue weighted by atomic mass is 32.1. The number of nitrogens with one attached hydrogen (secondary N) is 1. The number of thiazole rings is 1. The van der Waals surface area contributed by atoms with Crippen LogP contribution in [0.15, 0.2) is 18.2 Å². The van der Waals surface area contributed by atoms with Crippen LogP contribution in [0.4, 0.5) is 0 Å². The molecule has 0 spiro atoms. The fourth-order valence-corrected chi connectivity index (χ4v) is 3.04. The van der Waals surface area contributed by atoms with E-state index in [1.807, 2.05) is 39.0 Å². The molecule has 6 heteroatoms. The summed E-state index contributed by atoms with van der Waals surface area (Å²) < 4.78 is 11.2. The van der Waals surface area contributed by atoms with Crippen molar-refractivity contribution in [2.75, 3.05) is 20.3 Å². The fraction of sp³-hybridized carbons (Fsp3) is 0.375. The van der Waals surface area contributed by atoms with E-state index in [1.165, 1.54) is 11.3 Å². The molecule has 0 atom stereocenters. The summed E-state index contributed by atoms with van der Waals surface area (Å²) in [6.45, 7) is 6.84. The van der Waals surface area contributed by atoms with E-state index in [-0.39, 0.29) is 5.91 Å². The fourth-order valence-electron chi connectivity index (χ4n) is 2.03. The van der Waals surface area contributed by atoms with Crippen LogP contribution in [0.3, 0.4) is 0 Å². The first-order valence-corrected chi connectivity index (χ1v) is 8.01. The van der Waals surface area contributed by atoms with Crippen molar-refractivity contribution in [3.05, 3.63) is 28.8 Å². The number of ether oxygens (including phenoxy) is 2. The molecule has 5 nitrogen and oxygen atoms in total. The molecule has 0 radical (unpaired) electrons. The van der Waals surface area contributed by atoms with Crippen LogP contribution < -0.4 is 14.8 Å². The van der Waals surface area contributed by atoms with Gasteiger partial charge in [-0.1, -0.05) is 0 Å². The van der Waals surface area contributed by atoms with Crippen molar-refractivity contribution in [3.8, 4) is 22.1 Å². The van der Waals surface area contributed by atoms with Crippen LogP contribution in [0.2, 0.25) is 0 Å². The van der Waals surface area contributed by atoms with E-state index in [4.69, 9.17) is 9.47 Å². The number of hydrogen-bond donors (Lipinski definition) is 1. The molecular weight excluding hydrogens is 300 g/mol. The third kappa shape index (κ3) is 3.39. The lowest BCUT2D eigenvalue weighted by Gasteiger charge is -2.11. The summed E-state index contributed by atoms with van der Waals surface area (Å²) in [5.74, 6) is 1.29. The predicted molar refractivity (Wildman–Crippen MR) is 88.0 cm³/mol. The first-order chi connectivity index (χ1) is 10.6. The van der Waals surface area contributed by atoms with E-state index in [9.17, 15) is 4.79 Å². The van der Waals surface area contributed by atoms with Crippen LogP contribution >= 0.6 is 11.3 Å². The van der Waals surface area contributed by atoms with Crippen molar-refractivity contribution >= 4 is 17.2 Å². The Kier molecular flexibility index (Phi) is 5.38. The minimum absolute atomic E-state index is 0.114. The van der Waals surface area contributed by atoms with Crippen LogP contribution in [0.5, 0.6) is 11.5 Å². The van der Waals surface area contributed by atoms with Gasteiger partial charge < -0.3 is 14.8 Å². The number of carbonyl (C=O) groups is 1. The summed E-state index contributed by atoms with van der Waals surface area (Å²) in [6, 6.07) is 5.71. The van der Waals surface area contributed by atoms with Gasteiger partial charge in [0.05, 0.1) is 18.9 Å². The molecule has 1 aromatic carbocycles. The third-order valence-electron chi connectivity index (χ3n) is 3.02. The Balaban J connectivity index is 2.40. The van der Waals surface area contributed by atoms with Gasteiger partial charge in [0.1, 0.15) is 9.88 Å². The summed E-state index contributed by atoms with van der Waals surface area (Å²) >= 11 is 1.37. The van der Waals surface area contributed by atoms with Gasteiger partial charge >= 0.3 is 0 Å². The molecule has 0 bridgehead atoms. The monoisotopic (exact) mass is 320 g/mol. The normalized spacial score (nSPS) is 10.4. The van der Waals surface area contributed by atoms with Crippen LogP contribution in [0, 0.1) is 6.92 Å². The molecule has 118 valence electrons. The first-order valence-electron chi connectivity index (χ1n) is 7.20. The summed E-state index contributed by atoms with van der Waals surface area (Å²) in [7, 11) is 1.62. The second-order valence-corrected chi connectivity index (χ2v) is 5.54. The largest absolute Gasteiger partial charge is 0.490 e. The summed E-state index contributed by atoms with van der Waals surface area (Å²) in [6.07, 6.45) is 0. The quantitative estimate of drug-likeness (QED) is 0.887. The van der Waals surface area contributed by atoms with Crippen LogP contribution in [0.25, 0.3) is 10.6 Å². The van der Waals surface area contributed by atoms with Gasteiger partial charge in [0.15, 0.2) is 11.5 Å². The van der Waals surface area contributed by atoms with E-state index < -0.39 is 0 Å². The van der Waals surface area contributed by atoms with Crippen molar-refractivity contribution < 1.29 is 14.3 Å². The Morgan fingerprint density at radius 3 is 2.55 bits per heavy atom. The summed E-state index contributed by atoms with van der Waals surface area (Å²) in [5.41, 5.74) is 1.64. The van der Waals surface area contributed by atoms with Gasteiger partial charge in [0.25, 0.3) is 5.91 Å². The molecule has 1 N–H and O–H groups in total. The van der Waals surface area contributed by atoms with Gasteiger partial charge in [-0.15, -0.1) is 11.3 Å². The van der Waals surface area contributed by atoms with Gasteiger partial charge in [0, 0.05) is 12.6 Å². The summed E-state index contributed by atoms with van der Waals surface area (Å²) in [4.78, 5) is 16.9. The highest BCUT2D eigenvalue weighted by molar-refractivity contribution is 7.17. The Morgan fingerprint density at radius 1 is 1.23 bits per heavy atom. The van der Waals surface area contributed by atoms with E-state index in [0.717, 1.165) is 16.3 Å². The molecule has 0 saturated carbocycles. The molecule has 1 heterocycles. The first kappa shape index (κ1) is 16.3. The Bertz CT molecular complexity index is 667. The average Bonchev–Trinajstić information content (AvgIpc) is 2.90. The zero-order chi connectivity index (χ0) is 16.1. The van der Waals surface area contributed by atoms with Crippen LogP contribution in [-0.4, -0.2) is 31.2 Å². The zero-order valence-corrected chi connectivity index (χ0v) is 14.0. The van der Waals surface area contributed by atoms with E-state index in [1.54, 1.807) is 7.05 Å². The predicted octanol–water partition coefficient (Wildman–Crippen LogP) is 3.28. The average molecular weight is 320 g/mol. The van der Waals surface area contributed by atoms with Crippen molar-refractivity contribution in [1.29, 1.82) is 0 Å². The minimum Gasteiger partial charge on any atom is -0.490 e. The summed E-state index contributed by atoms with van der Waals surface area (Å²) in [5, 5.41) is 3.42. The Hall–Kier alpha value is -2.08. The second kappa shape index (κ2) is 7.26. The Morgan fingerprint density at radius 2 is 1.91 bits per heavy atom. The molecule has 0 fully saturated rings. The molecular formula is C16H20N2O3S. The number of carbonyl (C=O) groups excluding carboxylic acids is 1. The topological polar surface area (TPSA) is 60.5 Å². The molecule has 2 aromatic rings. The van der Waals surface area contributed by atoms with E-state index in [2.05, 4.69) is 10.3 Å². The smallest absolute Gasteiger partial charge is 0.263 e. The van der Waals surface area contributed by atoms with Crippen molar-refractivity contribution in [3.63, 3.8) is 0 Å². The number of aryl methyl sites for hydroxylation is 1. The highest BCUT2D eigenvalue weighted by Crippen LogP contribution is 2.35. The van der Waals surface area contributed by atoms with Crippen molar-refractivity contribution in [2.45, 2.75) is 20.8 Å². The maximum Gasteiger partial charge on any atom is 0.263 e. The molecule has 22 heavy (non-hydrogen) atoms. The third-order valence-corrected chi connectivity index (χ3v) is 4.23. The van der Waals surface area contributed by atoms with E-state index >= 15 is 0 Å². The van der Waals surface area contributed by atoms with Crippen LogP contribution in [0.1, 0.15) is 29.2 Å². The van der Waals surface area contributed by atoms with Crippen molar-refractivity contribution in [2.24, 2.45) is 0 Å². The number of aromatic nitrogens is 1. The molecule has 0 aliphatic rings. The molecule has 0 aliphatic carbocycles. The zero-order valence-electron chi connectivity index (χ0n) is 13.2. The standard InChI is InChI=1S/C16H20N2O3S/c1-5-20-12-8-7-11(9-13(12)21-6-2)16-18-10(3)14(22-16)15(19)17-4/h7-9H,5-6H2,1-4H3,(H,17,19). The van der Waals surface area contributed by atoms with Crippen LogP contribution in [-0.2, 0) is 0 Å². The minimum atomic E-state index is -0.114. The van der Waals surface area contributed by atoms with Gasteiger partial charge in [-0.25, -0.2) is 4.98 Å². The van der Waals surface area contributed by atoms with Gasteiger partial charge in [0.2, 0.25) is 0 Å². The van der Waals surface area contributed by atoms with Gasteiger partial charge in [-0.3, -0.25) is 4.79 Å². The number of amides is 1. The molecule has 1 amide bonds. The van der Waals surface area contributed by atoms with Gasteiger partial charge in [-0.05, 0) is 39.0 Å². The molecule has 1 aromatic heterocycles. The van der Waals surface area contributed by atoms with E-state index in [0.29, 0.717) is 29.6 Å². The molecule has 0 unspecified atom stereocenters. The lowest BCUT2D eigenvalue weighted by atomic mass is 10.2. The SMILES string of the molecule is CCOc1ccc(-c2nc(C)c(C(=O)NC)s2)cc1OCC.